The second-order valence-corrected chi connectivity index (χ2v) is 6.63. The van der Waals surface area contributed by atoms with Crippen molar-refractivity contribution >= 4 is 21.6 Å². The average Bonchev–Trinajstić information content (AvgIpc) is 2.53. The van der Waals surface area contributed by atoms with Crippen molar-refractivity contribution in [2.75, 3.05) is 13.2 Å². The summed E-state index contributed by atoms with van der Waals surface area (Å²) in [5.41, 5.74) is 0.199. The number of nitrogens with zero attached hydrogens (tertiary/aromatic N) is 1. The highest BCUT2D eigenvalue weighted by atomic mass is 35.5. The fraction of sp³-hybridized carbons (Fsp3) is 0.133. The van der Waals surface area contributed by atoms with Crippen molar-refractivity contribution in [3.63, 3.8) is 0 Å². The Hall–Kier alpha value is -2.14. The topological polar surface area (TPSA) is 79.2 Å². The van der Waals surface area contributed by atoms with Gasteiger partial charge in [-0.1, -0.05) is 11.6 Å². The van der Waals surface area contributed by atoms with Crippen LogP contribution in [0.1, 0.15) is 5.56 Å². The van der Waals surface area contributed by atoms with Crippen LogP contribution in [0.2, 0.25) is 5.02 Å². The fourth-order valence-corrected chi connectivity index (χ4v) is 3.04. The highest BCUT2D eigenvalue weighted by Crippen LogP contribution is 2.20. The number of halogens is 2. The largest absolute Gasteiger partial charge is 0.492 e. The van der Waals surface area contributed by atoms with Crippen molar-refractivity contribution < 1.29 is 17.5 Å². The zero-order valence-corrected chi connectivity index (χ0v) is 13.4. The number of nitriles is 1. The molecular formula is C15H12ClFN2O3S. The van der Waals surface area contributed by atoms with Crippen LogP contribution in [0.3, 0.4) is 0 Å². The predicted octanol–water partition coefficient (Wildman–Crippen LogP) is 2.71. The molecule has 0 bridgehead atoms. The van der Waals surface area contributed by atoms with E-state index in [0.717, 1.165) is 0 Å². The zero-order chi connectivity index (χ0) is 16.9. The van der Waals surface area contributed by atoms with Crippen LogP contribution in [-0.4, -0.2) is 21.6 Å². The number of ether oxygens (including phenoxy) is 1. The Morgan fingerprint density at radius 3 is 2.52 bits per heavy atom. The lowest BCUT2D eigenvalue weighted by Crippen LogP contribution is -2.28. The van der Waals surface area contributed by atoms with Crippen LogP contribution in [0.15, 0.2) is 47.4 Å². The normalized spacial score (nSPS) is 11.0. The second kappa shape index (κ2) is 7.42. The van der Waals surface area contributed by atoms with E-state index in [2.05, 4.69) is 4.72 Å². The highest BCUT2D eigenvalue weighted by molar-refractivity contribution is 7.89. The van der Waals surface area contributed by atoms with Gasteiger partial charge in [-0.2, -0.15) is 5.26 Å². The van der Waals surface area contributed by atoms with E-state index < -0.39 is 10.0 Å². The summed E-state index contributed by atoms with van der Waals surface area (Å²) in [7, 11) is -3.75. The van der Waals surface area contributed by atoms with E-state index in [1.165, 1.54) is 42.5 Å². The Morgan fingerprint density at radius 1 is 1.22 bits per heavy atom. The molecule has 0 atom stereocenters. The van der Waals surface area contributed by atoms with Crippen LogP contribution in [0.5, 0.6) is 5.75 Å². The van der Waals surface area contributed by atoms with Crippen molar-refractivity contribution in [3.05, 3.63) is 58.9 Å². The van der Waals surface area contributed by atoms with E-state index in [1.807, 2.05) is 6.07 Å². The number of hydrogen-bond acceptors (Lipinski definition) is 4. The Morgan fingerprint density at radius 2 is 1.91 bits per heavy atom. The first-order valence-corrected chi connectivity index (χ1v) is 8.36. The molecule has 0 saturated carbocycles. The molecule has 0 fully saturated rings. The summed E-state index contributed by atoms with van der Waals surface area (Å²) in [6.45, 7) is 0.103. The molecule has 0 aliphatic carbocycles. The quantitative estimate of drug-likeness (QED) is 0.809. The van der Waals surface area contributed by atoms with E-state index in [1.54, 1.807) is 0 Å². The maximum atomic E-state index is 12.7. The van der Waals surface area contributed by atoms with Gasteiger partial charge in [-0.05, 0) is 42.5 Å². The SMILES string of the molecule is N#Cc1ccc(S(=O)(=O)NCCOc2ccc(F)cc2)cc1Cl. The van der Waals surface area contributed by atoms with Crippen LogP contribution in [-0.2, 0) is 10.0 Å². The first-order valence-electron chi connectivity index (χ1n) is 6.50. The van der Waals surface area contributed by atoms with Crippen molar-refractivity contribution in [2.45, 2.75) is 4.90 Å². The lowest BCUT2D eigenvalue weighted by atomic mass is 10.2. The number of sulfonamides is 1. The van der Waals surface area contributed by atoms with Crippen LogP contribution < -0.4 is 9.46 Å². The Labute approximate surface area is 138 Å². The molecule has 23 heavy (non-hydrogen) atoms. The minimum atomic E-state index is -3.75. The van der Waals surface area contributed by atoms with Crippen molar-refractivity contribution in [1.82, 2.24) is 4.72 Å². The summed E-state index contributed by atoms with van der Waals surface area (Å²) in [5, 5.41) is 8.84. The number of rotatable bonds is 6. The first-order chi connectivity index (χ1) is 10.9. The molecule has 0 heterocycles. The minimum absolute atomic E-state index is 0.0251. The van der Waals surface area contributed by atoms with E-state index in [-0.39, 0.29) is 34.5 Å². The zero-order valence-electron chi connectivity index (χ0n) is 11.8. The molecule has 0 aromatic heterocycles. The van der Waals surface area contributed by atoms with Crippen LogP contribution in [0.4, 0.5) is 4.39 Å². The van der Waals surface area contributed by atoms with Gasteiger partial charge in [-0.3, -0.25) is 0 Å². The molecule has 5 nitrogen and oxygen atoms in total. The summed E-state index contributed by atoms with van der Waals surface area (Å²) in [4.78, 5) is -0.0386. The maximum absolute atomic E-state index is 12.7. The van der Waals surface area contributed by atoms with E-state index >= 15 is 0 Å². The van der Waals surface area contributed by atoms with E-state index in [9.17, 15) is 12.8 Å². The van der Waals surface area contributed by atoms with E-state index in [0.29, 0.717) is 5.75 Å². The molecule has 0 amide bonds. The van der Waals surface area contributed by atoms with Gasteiger partial charge in [-0.25, -0.2) is 17.5 Å². The molecule has 0 radical (unpaired) electrons. The van der Waals surface area contributed by atoms with Gasteiger partial charge in [0.05, 0.1) is 15.5 Å². The molecule has 2 aromatic rings. The fourth-order valence-electron chi connectivity index (χ4n) is 1.71. The molecular weight excluding hydrogens is 343 g/mol. The highest BCUT2D eigenvalue weighted by Gasteiger charge is 2.15. The van der Waals surface area contributed by atoms with Gasteiger partial charge in [0.15, 0.2) is 0 Å². The van der Waals surface area contributed by atoms with Crippen LogP contribution in [0.25, 0.3) is 0 Å². The molecule has 2 aromatic carbocycles. The minimum Gasteiger partial charge on any atom is -0.492 e. The third kappa shape index (κ3) is 4.66. The molecule has 0 unspecified atom stereocenters. The van der Waals surface area contributed by atoms with Gasteiger partial charge in [0.1, 0.15) is 24.2 Å². The number of hydrogen-bond donors (Lipinski definition) is 1. The van der Waals surface area contributed by atoms with Gasteiger partial charge in [-0.15, -0.1) is 0 Å². The molecule has 0 spiro atoms. The smallest absolute Gasteiger partial charge is 0.240 e. The van der Waals surface area contributed by atoms with Gasteiger partial charge in [0.2, 0.25) is 10.0 Å². The molecule has 0 aliphatic rings. The molecule has 8 heteroatoms. The summed E-state index contributed by atoms with van der Waals surface area (Å²) < 4.78 is 44.5. The molecule has 0 aliphatic heterocycles. The van der Waals surface area contributed by atoms with Crippen molar-refractivity contribution in [1.29, 1.82) is 5.26 Å². The molecule has 120 valence electrons. The first kappa shape index (κ1) is 17.2. The van der Waals surface area contributed by atoms with Gasteiger partial charge >= 0.3 is 0 Å². The summed E-state index contributed by atoms with van der Waals surface area (Å²) in [5.74, 6) is 0.0581. The van der Waals surface area contributed by atoms with Crippen molar-refractivity contribution in [3.8, 4) is 11.8 Å². The predicted molar refractivity (Wildman–Crippen MR) is 83.3 cm³/mol. The van der Waals surface area contributed by atoms with Gasteiger partial charge in [0.25, 0.3) is 0 Å². The summed E-state index contributed by atoms with van der Waals surface area (Å²) in [6.07, 6.45) is 0. The Kier molecular flexibility index (Phi) is 5.55. The summed E-state index contributed by atoms with van der Waals surface area (Å²) in [6, 6.07) is 11.1. The molecule has 1 N–H and O–H groups in total. The number of nitrogens with one attached hydrogen (secondary N) is 1. The average molecular weight is 355 g/mol. The molecule has 2 rings (SSSR count). The standard InChI is InChI=1S/C15H12ClFN2O3S/c16-15-9-14(6-1-11(15)10-18)23(20,21)19-7-8-22-13-4-2-12(17)3-5-13/h1-6,9,19H,7-8H2. The van der Waals surface area contributed by atoms with Crippen LogP contribution in [0, 0.1) is 17.1 Å². The van der Waals surface area contributed by atoms with Crippen molar-refractivity contribution in [2.24, 2.45) is 0 Å². The summed E-state index contributed by atoms with van der Waals surface area (Å²) >= 11 is 5.82. The Bertz CT molecular complexity index is 833. The number of benzene rings is 2. The third-order valence-corrected chi connectivity index (χ3v) is 4.62. The van der Waals surface area contributed by atoms with E-state index in [4.69, 9.17) is 21.6 Å². The third-order valence-electron chi connectivity index (χ3n) is 2.85. The lowest BCUT2D eigenvalue weighted by molar-refractivity contribution is 0.322. The second-order valence-electron chi connectivity index (χ2n) is 4.45. The molecule has 0 saturated heterocycles. The van der Waals surface area contributed by atoms with Crippen LogP contribution >= 0.6 is 11.6 Å². The van der Waals surface area contributed by atoms with Gasteiger partial charge in [0, 0.05) is 6.54 Å². The Balaban J connectivity index is 1.92. The maximum Gasteiger partial charge on any atom is 0.240 e. The van der Waals surface area contributed by atoms with Gasteiger partial charge < -0.3 is 4.74 Å². The monoisotopic (exact) mass is 354 g/mol. The lowest BCUT2D eigenvalue weighted by Gasteiger charge is -2.09.